The molecule has 0 saturated carbocycles. The topological polar surface area (TPSA) is 93.1 Å². The number of carbonyl (C=O) groups excluding carboxylic acids is 1. The largest absolute Gasteiger partial charge is 0.496 e. The fourth-order valence-corrected chi connectivity index (χ4v) is 1.75. The first-order chi connectivity index (χ1) is 9.49. The summed E-state index contributed by atoms with van der Waals surface area (Å²) in [4.78, 5) is 22.0. The van der Waals surface area contributed by atoms with E-state index in [4.69, 9.17) is 14.6 Å². The average Bonchev–Trinajstić information content (AvgIpc) is 2.44. The molecule has 1 aromatic carbocycles. The molecule has 1 unspecified atom stereocenters. The lowest BCUT2D eigenvalue weighted by Gasteiger charge is -2.12. The van der Waals surface area contributed by atoms with E-state index in [-0.39, 0.29) is 18.0 Å². The summed E-state index contributed by atoms with van der Waals surface area (Å²) < 4.78 is 9.99. The number of aliphatic hydroxyl groups excluding tert-OH is 1. The minimum absolute atomic E-state index is 0.213. The van der Waals surface area contributed by atoms with Crippen molar-refractivity contribution in [3.8, 4) is 5.75 Å². The van der Waals surface area contributed by atoms with E-state index in [0.717, 1.165) is 5.56 Å². The van der Waals surface area contributed by atoms with E-state index < -0.39 is 12.1 Å². The van der Waals surface area contributed by atoms with E-state index in [0.29, 0.717) is 18.8 Å². The van der Waals surface area contributed by atoms with Crippen LogP contribution in [0.2, 0.25) is 0 Å². The van der Waals surface area contributed by atoms with Gasteiger partial charge in [0.25, 0.3) is 0 Å². The second-order valence-corrected chi connectivity index (χ2v) is 4.12. The molecule has 0 spiro atoms. The number of rotatable bonds is 7. The molecule has 0 aliphatic heterocycles. The Morgan fingerprint density at radius 3 is 2.60 bits per heavy atom. The fraction of sp³-hybridized carbons (Fsp3) is 0.429. The molecule has 0 aliphatic carbocycles. The Bertz CT molecular complexity index is 483. The zero-order valence-electron chi connectivity index (χ0n) is 11.5. The molecule has 0 fully saturated rings. The zero-order valence-corrected chi connectivity index (χ0v) is 11.5. The van der Waals surface area contributed by atoms with Crippen LogP contribution in [0.4, 0.5) is 0 Å². The molecule has 0 amide bonds. The number of aryl methyl sites for hydroxylation is 1. The fourth-order valence-electron chi connectivity index (χ4n) is 1.75. The van der Waals surface area contributed by atoms with Crippen LogP contribution in [0.1, 0.15) is 30.6 Å². The summed E-state index contributed by atoms with van der Waals surface area (Å²) in [6.07, 6.45) is -0.959. The molecule has 0 bridgehead atoms. The number of methoxy groups -OCH3 is 1. The van der Waals surface area contributed by atoms with Crippen molar-refractivity contribution < 1.29 is 29.3 Å². The van der Waals surface area contributed by atoms with Gasteiger partial charge in [-0.25, -0.2) is 4.79 Å². The van der Waals surface area contributed by atoms with E-state index in [1.54, 1.807) is 13.0 Å². The molecule has 2 N–H and O–H groups in total. The Balaban J connectivity index is 2.83. The SMILES string of the molecule is CCOC(=O)CCc1ccc(C(O)C(=O)O)cc1OC. The third-order valence-corrected chi connectivity index (χ3v) is 2.76. The Morgan fingerprint density at radius 2 is 2.05 bits per heavy atom. The number of carbonyl (C=O) groups is 2. The van der Waals surface area contributed by atoms with Crippen LogP contribution in [0.25, 0.3) is 0 Å². The number of ether oxygens (including phenoxy) is 2. The quantitative estimate of drug-likeness (QED) is 0.732. The first-order valence-electron chi connectivity index (χ1n) is 6.22. The van der Waals surface area contributed by atoms with Crippen LogP contribution in [-0.4, -0.2) is 35.9 Å². The molecule has 6 nitrogen and oxygen atoms in total. The summed E-state index contributed by atoms with van der Waals surface area (Å²) in [5.41, 5.74) is 0.983. The summed E-state index contributed by atoms with van der Waals surface area (Å²) in [6, 6.07) is 4.60. The smallest absolute Gasteiger partial charge is 0.337 e. The number of hydrogen-bond donors (Lipinski definition) is 2. The molecule has 0 aliphatic rings. The molecule has 1 rings (SSSR count). The summed E-state index contributed by atoms with van der Waals surface area (Å²) >= 11 is 0. The predicted octanol–water partition coefficient (Wildman–Crippen LogP) is 1.31. The van der Waals surface area contributed by atoms with E-state index in [9.17, 15) is 14.7 Å². The van der Waals surface area contributed by atoms with Crippen molar-refractivity contribution in [2.24, 2.45) is 0 Å². The maximum Gasteiger partial charge on any atom is 0.337 e. The highest BCUT2D eigenvalue weighted by Gasteiger charge is 2.18. The van der Waals surface area contributed by atoms with Crippen LogP contribution in [0.5, 0.6) is 5.75 Å². The molecule has 1 atom stereocenters. The van der Waals surface area contributed by atoms with Gasteiger partial charge < -0.3 is 19.7 Å². The van der Waals surface area contributed by atoms with Crippen molar-refractivity contribution in [1.29, 1.82) is 0 Å². The summed E-state index contributed by atoms with van der Waals surface area (Å²) in [5, 5.41) is 18.2. The number of benzene rings is 1. The van der Waals surface area contributed by atoms with Crippen LogP contribution in [0.15, 0.2) is 18.2 Å². The van der Waals surface area contributed by atoms with Gasteiger partial charge in [-0.1, -0.05) is 12.1 Å². The highest BCUT2D eigenvalue weighted by molar-refractivity contribution is 5.74. The highest BCUT2D eigenvalue weighted by atomic mass is 16.5. The van der Waals surface area contributed by atoms with Crippen molar-refractivity contribution in [1.82, 2.24) is 0 Å². The molecular formula is C14H18O6. The predicted molar refractivity (Wildman–Crippen MR) is 70.5 cm³/mol. The lowest BCUT2D eigenvalue weighted by atomic mass is 10.0. The summed E-state index contributed by atoms with van der Waals surface area (Å²) in [5.74, 6) is -1.19. The summed E-state index contributed by atoms with van der Waals surface area (Å²) in [7, 11) is 1.44. The van der Waals surface area contributed by atoms with Crippen LogP contribution in [0, 0.1) is 0 Å². The Labute approximate surface area is 116 Å². The number of hydrogen-bond acceptors (Lipinski definition) is 5. The minimum Gasteiger partial charge on any atom is -0.496 e. The molecule has 0 radical (unpaired) electrons. The lowest BCUT2D eigenvalue weighted by molar-refractivity contribution is -0.147. The molecule has 20 heavy (non-hydrogen) atoms. The van der Waals surface area contributed by atoms with Crippen molar-refractivity contribution in [2.45, 2.75) is 25.9 Å². The third kappa shape index (κ3) is 4.24. The van der Waals surface area contributed by atoms with E-state index in [2.05, 4.69) is 0 Å². The van der Waals surface area contributed by atoms with Gasteiger partial charge in [0.15, 0.2) is 6.10 Å². The Morgan fingerprint density at radius 1 is 1.35 bits per heavy atom. The van der Waals surface area contributed by atoms with Gasteiger partial charge in [-0.2, -0.15) is 0 Å². The Kier molecular flexibility index (Phi) is 5.99. The number of aliphatic carboxylic acids is 1. The molecule has 0 heterocycles. The van der Waals surface area contributed by atoms with Gasteiger partial charge in [-0.15, -0.1) is 0 Å². The van der Waals surface area contributed by atoms with Crippen molar-refractivity contribution >= 4 is 11.9 Å². The third-order valence-electron chi connectivity index (χ3n) is 2.76. The van der Waals surface area contributed by atoms with Crippen molar-refractivity contribution in [2.75, 3.05) is 13.7 Å². The second kappa shape index (κ2) is 7.49. The average molecular weight is 282 g/mol. The van der Waals surface area contributed by atoms with Gasteiger partial charge in [-0.05, 0) is 30.5 Å². The highest BCUT2D eigenvalue weighted by Crippen LogP contribution is 2.25. The molecule has 1 aromatic rings. The standard InChI is InChI=1S/C14H18O6/c1-3-20-12(15)7-6-9-4-5-10(8-11(9)19-2)13(16)14(17)18/h4-5,8,13,16H,3,6-7H2,1-2H3,(H,17,18). The second-order valence-electron chi connectivity index (χ2n) is 4.12. The lowest BCUT2D eigenvalue weighted by Crippen LogP contribution is -2.11. The van der Waals surface area contributed by atoms with Gasteiger partial charge in [0.1, 0.15) is 5.75 Å². The van der Waals surface area contributed by atoms with Gasteiger partial charge >= 0.3 is 11.9 Å². The van der Waals surface area contributed by atoms with Crippen LogP contribution < -0.4 is 4.74 Å². The first-order valence-corrected chi connectivity index (χ1v) is 6.22. The number of aliphatic hydroxyl groups is 1. The first kappa shape index (κ1) is 16.0. The molecule has 110 valence electrons. The number of carboxylic acids is 1. The van der Waals surface area contributed by atoms with Crippen molar-refractivity contribution in [3.63, 3.8) is 0 Å². The van der Waals surface area contributed by atoms with Crippen LogP contribution in [0.3, 0.4) is 0 Å². The monoisotopic (exact) mass is 282 g/mol. The maximum atomic E-state index is 11.3. The summed E-state index contributed by atoms with van der Waals surface area (Å²) in [6.45, 7) is 2.07. The normalized spacial score (nSPS) is 11.8. The van der Waals surface area contributed by atoms with E-state index >= 15 is 0 Å². The van der Waals surface area contributed by atoms with E-state index in [1.165, 1.54) is 19.2 Å². The Hall–Kier alpha value is -2.08. The minimum atomic E-state index is -1.59. The van der Waals surface area contributed by atoms with E-state index in [1.807, 2.05) is 0 Å². The molecule has 0 saturated heterocycles. The van der Waals surface area contributed by atoms with Gasteiger partial charge in [0.05, 0.1) is 13.7 Å². The molecular weight excluding hydrogens is 264 g/mol. The van der Waals surface area contributed by atoms with Gasteiger partial charge in [0, 0.05) is 6.42 Å². The zero-order chi connectivity index (χ0) is 15.1. The number of carboxylic acid groups (broad SMARTS) is 1. The number of esters is 1. The molecule has 0 aromatic heterocycles. The maximum absolute atomic E-state index is 11.3. The van der Waals surface area contributed by atoms with Crippen LogP contribution >= 0.6 is 0 Å². The van der Waals surface area contributed by atoms with Crippen molar-refractivity contribution in [3.05, 3.63) is 29.3 Å². The molecule has 6 heteroatoms. The van der Waals surface area contributed by atoms with Crippen LogP contribution in [-0.2, 0) is 20.7 Å². The van der Waals surface area contributed by atoms with Gasteiger partial charge in [-0.3, -0.25) is 4.79 Å². The van der Waals surface area contributed by atoms with Gasteiger partial charge in [0.2, 0.25) is 0 Å².